The lowest BCUT2D eigenvalue weighted by molar-refractivity contribution is 0.146. The molecule has 1 heterocycles. The second-order valence-electron chi connectivity index (χ2n) is 5.74. The summed E-state index contributed by atoms with van der Waals surface area (Å²) >= 11 is 0. The topological polar surface area (TPSA) is 55.4 Å². The third-order valence-electron chi connectivity index (χ3n) is 3.53. The maximum Gasteiger partial charge on any atom is 0.150 e. The van der Waals surface area contributed by atoms with Crippen molar-refractivity contribution in [3.63, 3.8) is 0 Å². The Labute approximate surface area is 111 Å². The molecule has 0 aromatic carbocycles. The van der Waals surface area contributed by atoms with Crippen LogP contribution in [0.2, 0.25) is 0 Å². The molecule has 0 amide bonds. The summed E-state index contributed by atoms with van der Waals surface area (Å²) in [5.74, 6) is 0.603. The highest BCUT2D eigenvalue weighted by atomic mass is 32.2. The zero-order valence-corrected chi connectivity index (χ0v) is 12.7. The predicted octanol–water partition coefficient (Wildman–Crippen LogP) is 1.61. The molecule has 5 heteroatoms. The first-order valence-corrected chi connectivity index (χ1v) is 8.73. The number of hydrogen-bond donors (Lipinski definition) is 1. The SMILES string of the molecule is CCCS(=O)(=O)CCC1(CNC(C)C)CCOC1. The van der Waals surface area contributed by atoms with Gasteiger partial charge in [-0.05, 0) is 19.3 Å². The first kappa shape index (κ1) is 15.9. The van der Waals surface area contributed by atoms with Crippen LogP contribution in [0.1, 0.15) is 40.0 Å². The van der Waals surface area contributed by atoms with E-state index in [2.05, 4.69) is 19.2 Å². The van der Waals surface area contributed by atoms with Crippen molar-refractivity contribution in [3.05, 3.63) is 0 Å². The molecular formula is C13H27NO3S. The monoisotopic (exact) mass is 277 g/mol. The van der Waals surface area contributed by atoms with Crippen molar-refractivity contribution in [2.24, 2.45) is 5.41 Å². The first-order chi connectivity index (χ1) is 8.39. The maximum absolute atomic E-state index is 11.8. The molecule has 108 valence electrons. The van der Waals surface area contributed by atoms with Crippen molar-refractivity contribution in [2.75, 3.05) is 31.3 Å². The molecular weight excluding hydrogens is 250 g/mol. The zero-order chi connectivity index (χ0) is 13.6. The third-order valence-corrected chi connectivity index (χ3v) is 5.39. The fourth-order valence-electron chi connectivity index (χ4n) is 2.28. The van der Waals surface area contributed by atoms with Crippen LogP contribution in [0, 0.1) is 5.41 Å². The Morgan fingerprint density at radius 2 is 2.06 bits per heavy atom. The van der Waals surface area contributed by atoms with Crippen molar-refractivity contribution in [2.45, 2.75) is 46.1 Å². The van der Waals surface area contributed by atoms with Gasteiger partial charge in [0.15, 0.2) is 0 Å². The Morgan fingerprint density at radius 3 is 2.56 bits per heavy atom. The van der Waals surface area contributed by atoms with E-state index in [0.29, 0.717) is 30.6 Å². The van der Waals surface area contributed by atoms with Crippen LogP contribution >= 0.6 is 0 Å². The molecule has 18 heavy (non-hydrogen) atoms. The molecule has 1 atom stereocenters. The molecule has 4 nitrogen and oxygen atoms in total. The van der Waals surface area contributed by atoms with E-state index in [1.807, 2.05) is 6.92 Å². The molecule has 1 rings (SSSR count). The average Bonchev–Trinajstić information content (AvgIpc) is 2.73. The normalized spacial score (nSPS) is 24.9. The molecule has 0 spiro atoms. The number of hydrogen-bond acceptors (Lipinski definition) is 4. The lowest BCUT2D eigenvalue weighted by Crippen LogP contribution is -2.39. The summed E-state index contributed by atoms with van der Waals surface area (Å²) < 4.78 is 29.1. The molecule has 0 bridgehead atoms. The molecule has 0 aromatic rings. The van der Waals surface area contributed by atoms with Crippen LogP contribution in [0.4, 0.5) is 0 Å². The Morgan fingerprint density at radius 1 is 1.33 bits per heavy atom. The maximum atomic E-state index is 11.8. The van der Waals surface area contributed by atoms with Gasteiger partial charge in [-0.1, -0.05) is 20.8 Å². The zero-order valence-electron chi connectivity index (χ0n) is 11.9. The van der Waals surface area contributed by atoms with Gasteiger partial charge in [0.1, 0.15) is 9.84 Å². The van der Waals surface area contributed by atoms with Crippen molar-refractivity contribution in [3.8, 4) is 0 Å². The van der Waals surface area contributed by atoms with Gasteiger partial charge in [0.05, 0.1) is 12.4 Å². The van der Waals surface area contributed by atoms with Crippen molar-refractivity contribution < 1.29 is 13.2 Å². The highest BCUT2D eigenvalue weighted by molar-refractivity contribution is 7.91. The van der Waals surface area contributed by atoms with E-state index in [-0.39, 0.29) is 5.41 Å². The standard InChI is InChI=1S/C13H27NO3S/c1-4-8-18(15,16)9-6-13(5-7-17-11-13)10-14-12(2)3/h12,14H,4-11H2,1-3H3. The largest absolute Gasteiger partial charge is 0.381 e. The summed E-state index contributed by atoms with van der Waals surface area (Å²) in [4.78, 5) is 0. The van der Waals surface area contributed by atoms with E-state index in [9.17, 15) is 8.42 Å². The summed E-state index contributed by atoms with van der Waals surface area (Å²) in [6.07, 6.45) is 2.39. The minimum absolute atomic E-state index is 0.0189. The van der Waals surface area contributed by atoms with Crippen LogP contribution in [0.15, 0.2) is 0 Å². The smallest absolute Gasteiger partial charge is 0.150 e. The average molecular weight is 277 g/mol. The van der Waals surface area contributed by atoms with Gasteiger partial charge < -0.3 is 10.1 Å². The van der Waals surface area contributed by atoms with Crippen LogP contribution in [0.25, 0.3) is 0 Å². The lowest BCUT2D eigenvalue weighted by Gasteiger charge is -2.28. The van der Waals surface area contributed by atoms with Crippen LogP contribution in [0.3, 0.4) is 0 Å². The van der Waals surface area contributed by atoms with Gasteiger partial charge >= 0.3 is 0 Å². The van der Waals surface area contributed by atoms with E-state index in [0.717, 1.165) is 26.0 Å². The van der Waals surface area contributed by atoms with Gasteiger partial charge in [-0.15, -0.1) is 0 Å². The third kappa shape index (κ3) is 5.24. The number of nitrogens with one attached hydrogen (secondary N) is 1. The van der Waals surface area contributed by atoms with Gasteiger partial charge in [-0.2, -0.15) is 0 Å². The highest BCUT2D eigenvalue weighted by Gasteiger charge is 2.35. The Hall–Kier alpha value is -0.130. The van der Waals surface area contributed by atoms with Gasteiger partial charge in [0.2, 0.25) is 0 Å². The van der Waals surface area contributed by atoms with Crippen LogP contribution in [0.5, 0.6) is 0 Å². The molecule has 0 radical (unpaired) electrons. The second-order valence-corrected chi connectivity index (χ2v) is 8.04. The molecule has 0 aliphatic carbocycles. The van der Waals surface area contributed by atoms with E-state index >= 15 is 0 Å². The molecule has 1 aliphatic heterocycles. The van der Waals surface area contributed by atoms with Crippen molar-refractivity contribution >= 4 is 9.84 Å². The van der Waals surface area contributed by atoms with Crippen molar-refractivity contribution in [1.82, 2.24) is 5.32 Å². The second kappa shape index (κ2) is 6.87. The fourth-order valence-corrected chi connectivity index (χ4v) is 3.85. The number of ether oxygens (including phenoxy) is 1. The minimum atomic E-state index is -2.88. The lowest BCUT2D eigenvalue weighted by atomic mass is 9.84. The van der Waals surface area contributed by atoms with Gasteiger partial charge in [0, 0.05) is 30.4 Å². The van der Waals surface area contributed by atoms with Crippen molar-refractivity contribution in [1.29, 1.82) is 0 Å². The summed E-state index contributed by atoms with van der Waals surface area (Å²) in [5, 5.41) is 3.42. The summed E-state index contributed by atoms with van der Waals surface area (Å²) in [6, 6.07) is 0.426. The molecule has 1 aliphatic rings. The van der Waals surface area contributed by atoms with E-state index in [4.69, 9.17) is 4.74 Å². The quantitative estimate of drug-likeness (QED) is 0.732. The Kier molecular flexibility index (Phi) is 6.08. The van der Waals surface area contributed by atoms with Crippen LogP contribution in [-0.2, 0) is 14.6 Å². The molecule has 1 fully saturated rings. The molecule has 0 saturated carbocycles. The van der Waals surface area contributed by atoms with Gasteiger partial charge in [0.25, 0.3) is 0 Å². The Bertz CT molecular complexity index is 332. The summed E-state index contributed by atoms with van der Waals surface area (Å²) in [5.41, 5.74) is 0.0189. The minimum Gasteiger partial charge on any atom is -0.381 e. The van der Waals surface area contributed by atoms with Crippen LogP contribution < -0.4 is 5.32 Å². The van der Waals surface area contributed by atoms with E-state index in [1.165, 1.54) is 0 Å². The molecule has 1 saturated heterocycles. The number of sulfone groups is 1. The molecule has 0 aromatic heterocycles. The number of rotatable bonds is 8. The van der Waals surface area contributed by atoms with Crippen LogP contribution in [-0.4, -0.2) is 45.7 Å². The van der Waals surface area contributed by atoms with E-state index in [1.54, 1.807) is 0 Å². The fraction of sp³-hybridized carbons (Fsp3) is 1.00. The van der Waals surface area contributed by atoms with Gasteiger partial charge in [-0.25, -0.2) is 8.42 Å². The summed E-state index contributed by atoms with van der Waals surface area (Å²) in [7, 11) is -2.88. The first-order valence-electron chi connectivity index (χ1n) is 6.91. The highest BCUT2D eigenvalue weighted by Crippen LogP contribution is 2.32. The van der Waals surface area contributed by atoms with E-state index < -0.39 is 9.84 Å². The molecule has 1 unspecified atom stereocenters. The summed E-state index contributed by atoms with van der Waals surface area (Å²) in [6.45, 7) is 8.43. The van der Waals surface area contributed by atoms with Gasteiger partial charge in [-0.3, -0.25) is 0 Å². The molecule has 1 N–H and O–H groups in total. The Balaban J connectivity index is 2.52. The predicted molar refractivity (Wildman–Crippen MR) is 74.6 cm³/mol.